The van der Waals surface area contributed by atoms with E-state index in [1.165, 1.54) is 4.88 Å². The van der Waals surface area contributed by atoms with Crippen LogP contribution in [0.4, 0.5) is 5.82 Å². The number of hydrogen-bond donors (Lipinski definition) is 1. The number of rotatable bonds is 6. The average Bonchev–Trinajstić information content (AvgIpc) is 2.91. The summed E-state index contributed by atoms with van der Waals surface area (Å²) in [4.78, 5) is 19.0. The summed E-state index contributed by atoms with van der Waals surface area (Å²) < 4.78 is 0. The minimum Gasteiger partial charge on any atom is -0.478 e. The lowest BCUT2D eigenvalue weighted by molar-refractivity contribution is 0.0696. The second-order valence-electron chi connectivity index (χ2n) is 4.70. The summed E-state index contributed by atoms with van der Waals surface area (Å²) in [5.74, 6) is -0.197. The molecule has 2 heterocycles. The summed E-state index contributed by atoms with van der Waals surface area (Å²) in [5, 5.41) is 11.2. The van der Waals surface area contributed by atoms with Crippen molar-refractivity contribution >= 4 is 23.1 Å². The smallest absolute Gasteiger partial charge is 0.335 e. The van der Waals surface area contributed by atoms with Crippen LogP contribution in [0.25, 0.3) is 0 Å². The predicted octanol–water partition coefficient (Wildman–Crippen LogP) is 3.43. The molecule has 0 saturated carbocycles. The Bertz CT molecular complexity index is 582. The van der Waals surface area contributed by atoms with Gasteiger partial charge in [0.05, 0.1) is 12.1 Å². The van der Waals surface area contributed by atoms with Crippen molar-refractivity contribution in [3.8, 4) is 0 Å². The van der Waals surface area contributed by atoms with Gasteiger partial charge in [0.25, 0.3) is 0 Å². The van der Waals surface area contributed by atoms with Crippen LogP contribution in [-0.2, 0) is 13.0 Å². The van der Waals surface area contributed by atoms with Crippen molar-refractivity contribution in [3.63, 3.8) is 0 Å². The monoisotopic (exact) mass is 290 g/mol. The Morgan fingerprint density at radius 1 is 1.45 bits per heavy atom. The maximum Gasteiger partial charge on any atom is 0.335 e. The zero-order valence-corrected chi connectivity index (χ0v) is 12.5. The van der Waals surface area contributed by atoms with Crippen molar-refractivity contribution in [3.05, 3.63) is 45.8 Å². The van der Waals surface area contributed by atoms with Gasteiger partial charge in [0.2, 0.25) is 0 Å². The second-order valence-corrected chi connectivity index (χ2v) is 5.73. The number of thiophene rings is 1. The standard InChI is InChI=1S/C15H18N2O2S/c1-3-5-12-8-11(15(18)19)9-14(16-12)17(2)10-13-6-4-7-20-13/h4,6-9H,3,5,10H2,1-2H3,(H,18,19). The van der Waals surface area contributed by atoms with Gasteiger partial charge in [0.15, 0.2) is 0 Å². The summed E-state index contributed by atoms with van der Waals surface area (Å²) in [7, 11) is 1.93. The molecule has 0 aliphatic carbocycles. The first kappa shape index (κ1) is 14.5. The van der Waals surface area contributed by atoms with Crippen LogP contribution < -0.4 is 4.90 Å². The molecule has 0 atom stereocenters. The van der Waals surface area contributed by atoms with E-state index in [0.717, 1.165) is 25.1 Å². The minimum absolute atomic E-state index is 0.302. The number of carboxylic acid groups (broad SMARTS) is 1. The van der Waals surface area contributed by atoms with E-state index < -0.39 is 5.97 Å². The molecule has 0 aliphatic heterocycles. The van der Waals surface area contributed by atoms with E-state index >= 15 is 0 Å². The van der Waals surface area contributed by atoms with E-state index in [1.54, 1.807) is 23.5 Å². The number of anilines is 1. The van der Waals surface area contributed by atoms with E-state index in [9.17, 15) is 9.90 Å². The number of carbonyl (C=O) groups is 1. The van der Waals surface area contributed by atoms with E-state index in [0.29, 0.717) is 11.4 Å². The highest BCUT2D eigenvalue weighted by molar-refractivity contribution is 7.09. The predicted molar refractivity (Wildman–Crippen MR) is 81.6 cm³/mol. The Hall–Kier alpha value is -1.88. The lowest BCUT2D eigenvalue weighted by Gasteiger charge is -2.18. The second kappa shape index (κ2) is 6.52. The molecular weight excluding hydrogens is 272 g/mol. The fourth-order valence-electron chi connectivity index (χ4n) is 1.99. The average molecular weight is 290 g/mol. The molecule has 2 aromatic heterocycles. The van der Waals surface area contributed by atoms with Gasteiger partial charge in [-0.3, -0.25) is 0 Å². The summed E-state index contributed by atoms with van der Waals surface area (Å²) in [6, 6.07) is 7.37. The highest BCUT2D eigenvalue weighted by atomic mass is 32.1. The third-order valence-corrected chi connectivity index (χ3v) is 3.84. The van der Waals surface area contributed by atoms with E-state index in [-0.39, 0.29) is 0 Å². The molecule has 0 bridgehead atoms. The Morgan fingerprint density at radius 2 is 2.25 bits per heavy atom. The summed E-state index contributed by atoms with van der Waals surface area (Å²) in [5.41, 5.74) is 1.14. The van der Waals surface area contributed by atoms with Crippen molar-refractivity contribution in [1.29, 1.82) is 0 Å². The molecule has 0 amide bonds. The van der Waals surface area contributed by atoms with Crippen LogP contribution in [0.1, 0.15) is 34.3 Å². The third kappa shape index (κ3) is 3.57. The van der Waals surface area contributed by atoms with Crippen LogP contribution in [0.5, 0.6) is 0 Å². The number of aromatic carboxylic acids is 1. The van der Waals surface area contributed by atoms with E-state index in [4.69, 9.17) is 0 Å². The molecule has 5 heteroatoms. The molecule has 0 aliphatic rings. The zero-order chi connectivity index (χ0) is 14.5. The van der Waals surface area contributed by atoms with Gasteiger partial charge in [-0.2, -0.15) is 0 Å². The SMILES string of the molecule is CCCc1cc(C(=O)O)cc(N(C)Cc2cccs2)n1. The first-order valence-corrected chi connectivity index (χ1v) is 7.46. The first-order valence-electron chi connectivity index (χ1n) is 6.58. The fraction of sp³-hybridized carbons (Fsp3) is 0.333. The molecular formula is C15H18N2O2S. The Morgan fingerprint density at radius 3 is 2.85 bits per heavy atom. The molecule has 2 aromatic rings. The largest absolute Gasteiger partial charge is 0.478 e. The molecule has 0 fully saturated rings. The quantitative estimate of drug-likeness (QED) is 0.885. The Balaban J connectivity index is 2.26. The molecule has 0 spiro atoms. The van der Waals surface area contributed by atoms with E-state index in [2.05, 4.69) is 18.0 Å². The molecule has 20 heavy (non-hydrogen) atoms. The first-order chi connectivity index (χ1) is 9.60. The third-order valence-electron chi connectivity index (χ3n) is 2.98. The topological polar surface area (TPSA) is 53.4 Å². The highest BCUT2D eigenvalue weighted by Crippen LogP contribution is 2.19. The van der Waals surface area contributed by atoms with Gasteiger partial charge in [-0.15, -0.1) is 11.3 Å². The maximum absolute atomic E-state index is 11.2. The van der Waals surface area contributed by atoms with E-state index in [1.807, 2.05) is 23.4 Å². The van der Waals surface area contributed by atoms with Gasteiger partial charge in [-0.05, 0) is 30.0 Å². The van der Waals surface area contributed by atoms with Crippen LogP contribution in [0, 0.1) is 0 Å². The van der Waals surface area contributed by atoms with Gasteiger partial charge < -0.3 is 10.0 Å². The molecule has 2 rings (SSSR count). The molecule has 106 valence electrons. The Labute approximate surface area is 122 Å². The lowest BCUT2D eigenvalue weighted by Crippen LogP contribution is -2.18. The number of nitrogens with zero attached hydrogens (tertiary/aromatic N) is 2. The van der Waals surface area contributed by atoms with Crippen molar-refractivity contribution in [2.24, 2.45) is 0 Å². The van der Waals surface area contributed by atoms with Crippen LogP contribution in [0.15, 0.2) is 29.6 Å². The number of aryl methyl sites for hydroxylation is 1. The van der Waals surface area contributed by atoms with Crippen molar-refractivity contribution in [1.82, 2.24) is 4.98 Å². The van der Waals surface area contributed by atoms with Crippen molar-refractivity contribution in [2.45, 2.75) is 26.3 Å². The highest BCUT2D eigenvalue weighted by Gasteiger charge is 2.11. The van der Waals surface area contributed by atoms with Gasteiger partial charge in [-0.1, -0.05) is 19.4 Å². The molecule has 4 nitrogen and oxygen atoms in total. The number of hydrogen-bond acceptors (Lipinski definition) is 4. The van der Waals surface area contributed by atoms with Crippen LogP contribution in [0.2, 0.25) is 0 Å². The minimum atomic E-state index is -0.907. The molecule has 0 unspecified atom stereocenters. The summed E-state index contributed by atoms with van der Waals surface area (Å²) in [6.07, 6.45) is 1.74. The number of aromatic nitrogens is 1. The lowest BCUT2D eigenvalue weighted by atomic mass is 10.1. The van der Waals surface area contributed by atoms with Crippen LogP contribution in [0.3, 0.4) is 0 Å². The molecule has 0 radical (unpaired) electrons. The molecule has 0 aromatic carbocycles. The number of pyridine rings is 1. The summed E-state index contributed by atoms with van der Waals surface area (Å²) in [6.45, 7) is 2.80. The van der Waals surface area contributed by atoms with Crippen LogP contribution >= 0.6 is 11.3 Å². The number of carboxylic acids is 1. The van der Waals surface area contributed by atoms with Crippen LogP contribution in [-0.4, -0.2) is 23.1 Å². The van der Waals surface area contributed by atoms with Crippen molar-refractivity contribution < 1.29 is 9.90 Å². The van der Waals surface area contributed by atoms with Gasteiger partial charge in [0, 0.05) is 17.6 Å². The van der Waals surface area contributed by atoms with Crippen molar-refractivity contribution in [2.75, 3.05) is 11.9 Å². The fourth-order valence-corrected chi connectivity index (χ4v) is 2.75. The Kier molecular flexibility index (Phi) is 4.74. The van der Waals surface area contributed by atoms with Gasteiger partial charge in [-0.25, -0.2) is 9.78 Å². The molecule has 0 saturated heterocycles. The maximum atomic E-state index is 11.2. The van der Waals surface area contributed by atoms with Gasteiger partial charge in [0.1, 0.15) is 5.82 Å². The van der Waals surface area contributed by atoms with Gasteiger partial charge >= 0.3 is 5.97 Å². The molecule has 1 N–H and O–H groups in total. The normalized spacial score (nSPS) is 10.5. The summed E-state index contributed by atoms with van der Waals surface area (Å²) >= 11 is 1.69. The zero-order valence-electron chi connectivity index (χ0n) is 11.7.